The monoisotopic (exact) mass is 628 g/mol. The lowest BCUT2D eigenvalue weighted by Gasteiger charge is -2.18. The number of fused-ring (bicyclic) bond motifs is 1. The quantitative estimate of drug-likeness (QED) is 0.0879. The molecule has 0 spiro atoms. The Morgan fingerprint density at radius 2 is 1.82 bits per heavy atom. The molecule has 0 saturated carbocycles. The van der Waals surface area contributed by atoms with Crippen LogP contribution >= 0.6 is 11.6 Å². The zero-order valence-electron chi connectivity index (χ0n) is 25.1. The number of halogens is 2. The summed E-state index contributed by atoms with van der Waals surface area (Å²) < 4.78 is 26.4. The first kappa shape index (κ1) is 31.3. The summed E-state index contributed by atoms with van der Waals surface area (Å²) in [5, 5.41) is 16.9. The van der Waals surface area contributed by atoms with Crippen molar-refractivity contribution in [2.24, 2.45) is 5.10 Å². The van der Waals surface area contributed by atoms with Crippen LogP contribution in [0.2, 0.25) is 5.02 Å². The van der Waals surface area contributed by atoms with E-state index in [4.69, 9.17) is 26.1 Å². The van der Waals surface area contributed by atoms with Crippen LogP contribution in [0.25, 0.3) is 22.3 Å². The Bertz CT molecular complexity index is 1990. The van der Waals surface area contributed by atoms with Gasteiger partial charge in [0.2, 0.25) is 5.75 Å². The normalized spacial score (nSPS) is 11.4. The highest BCUT2D eigenvalue weighted by Crippen LogP contribution is 2.36. The van der Waals surface area contributed by atoms with Crippen LogP contribution in [-0.2, 0) is 6.61 Å². The Labute approximate surface area is 263 Å². The van der Waals surface area contributed by atoms with Crippen molar-refractivity contribution in [3.8, 4) is 22.9 Å². The van der Waals surface area contributed by atoms with Crippen molar-refractivity contribution in [2.75, 3.05) is 6.61 Å². The molecule has 0 fully saturated rings. The van der Waals surface area contributed by atoms with Gasteiger partial charge in [-0.3, -0.25) is 14.9 Å². The minimum absolute atomic E-state index is 0.0745. The Morgan fingerprint density at radius 3 is 2.51 bits per heavy atom. The van der Waals surface area contributed by atoms with Crippen molar-refractivity contribution in [2.45, 2.75) is 40.2 Å². The number of benzene rings is 4. The van der Waals surface area contributed by atoms with Crippen molar-refractivity contribution < 1.29 is 18.8 Å². The fourth-order valence-corrected chi connectivity index (χ4v) is 5.14. The molecule has 5 aromatic rings. The largest absolute Gasteiger partial charge is 0.494 e. The summed E-state index contributed by atoms with van der Waals surface area (Å²) in [5.74, 6) is 0.615. The SMILES string of the molecule is CCOc1cc(C)c(-c2nc3ccccc3c(=O)n2N=Cc2cc(Cl)cc([N+](=O)[O-])c2OCc2ccc(F)cc2)cc1C(C)C. The van der Waals surface area contributed by atoms with Gasteiger partial charge in [-0.15, -0.1) is 0 Å². The maximum absolute atomic E-state index is 13.9. The summed E-state index contributed by atoms with van der Waals surface area (Å²) in [5.41, 5.74) is 2.85. The molecule has 9 nitrogen and oxygen atoms in total. The second kappa shape index (κ2) is 13.3. The van der Waals surface area contributed by atoms with Gasteiger partial charge in [-0.1, -0.05) is 49.7 Å². The molecule has 0 aliphatic carbocycles. The average molecular weight is 629 g/mol. The molecule has 0 N–H and O–H groups in total. The first-order valence-corrected chi connectivity index (χ1v) is 14.6. The molecule has 4 aromatic carbocycles. The molecule has 0 aliphatic rings. The molecule has 0 amide bonds. The van der Waals surface area contributed by atoms with Crippen molar-refractivity contribution in [3.63, 3.8) is 0 Å². The number of aromatic nitrogens is 2. The van der Waals surface area contributed by atoms with E-state index in [0.29, 0.717) is 28.6 Å². The van der Waals surface area contributed by atoms with E-state index in [1.165, 1.54) is 47.3 Å². The van der Waals surface area contributed by atoms with Crippen molar-refractivity contribution in [1.82, 2.24) is 9.66 Å². The van der Waals surface area contributed by atoms with Gasteiger partial charge in [0, 0.05) is 22.2 Å². The number of nitro benzene ring substituents is 1. The standard InChI is InChI=1S/C34H30ClFN4O5/c1-5-44-31-14-21(4)28(17-27(31)20(2)3)33-38-29-9-7-6-8-26(29)34(41)39(33)37-18-23-15-24(35)16-30(40(42)43)32(23)45-19-22-10-12-25(36)13-11-22/h6-18,20H,5,19H2,1-4H3. The Hall–Kier alpha value is -5.09. The fraction of sp³-hybridized carbons (Fsp3) is 0.206. The third-order valence-corrected chi connectivity index (χ3v) is 7.36. The van der Waals surface area contributed by atoms with Crippen LogP contribution in [0, 0.1) is 22.9 Å². The maximum atomic E-state index is 13.9. The van der Waals surface area contributed by atoms with E-state index in [-0.39, 0.29) is 40.4 Å². The topological polar surface area (TPSA) is 109 Å². The molecule has 0 aliphatic heterocycles. The zero-order chi connectivity index (χ0) is 32.2. The number of ether oxygens (including phenoxy) is 2. The summed E-state index contributed by atoms with van der Waals surface area (Å²) in [6.07, 6.45) is 1.29. The highest BCUT2D eigenvalue weighted by molar-refractivity contribution is 6.31. The molecule has 5 rings (SSSR count). The highest BCUT2D eigenvalue weighted by atomic mass is 35.5. The molecule has 230 valence electrons. The molecular weight excluding hydrogens is 599 g/mol. The summed E-state index contributed by atoms with van der Waals surface area (Å²) in [6.45, 7) is 8.33. The van der Waals surface area contributed by atoms with Gasteiger partial charge in [-0.2, -0.15) is 9.78 Å². The predicted molar refractivity (Wildman–Crippen MR) is 173 cm³/mol. The zero-order valence-corrected chi connectivity index (χ0v) is 25.8. The summed E-state index contributed by atoms with van der Waals surface area (Å²) in [7, 11) is 0. The lowest BCUT2D eigenvalue weighted by Crippen LogP contribution is -2.21. The van der Waals surface area contributed by atoms with Crippen molar-refractivity contribution >= 4 is 34.4 Å². The molecule has 0 bridgehead atoms. The summed E-state index contributed by atoms with van der Waals surface area (Å²) in [4.78, 5) is 30.1. The number of hydrogen-bond acceptors (Lipinski definition) is 7. The Morgan fingerprint density at radius 1 is 1.09 bits per heavy atom. The number of nitrogens with zero attached hydrogens (tertiary/aromatic N) is 4. The van der Waals surface area contributed by atoms with Gasteiger partial charge in [0.05, 0.1) is 28.6 Å². The van der Waals surface area contributed by atoms with Crippen LogP contribution in [0.4, 0.5) is 10.1 Å². The fourth-order valence-electron chi connectivity index (χ4n) is 4.92. The predicted octanol–water partition coefficient (Wildman–Crippen LogP) is 8.06. The first-order chi connectivity index (χ1) is 21.6. The summed E-state index contributed by atoms with van der Waals surface area (Å²) >= 11 is 6.27. The van der Waals surface area contributed by atoms with Crippen LogP contribution in [0.15, 0.2) is 82.7 Å². The van der Waals surface area contributed by atoms with E-state index in [9.17, 15) is 19.3 Å². The van der Waals surface area contributed by atoms with Crippen LogP contribution in [0.3, 0.4) is 0 Å². The van der Waals surface area contributed by atoms with Gasteiger partial charge in [0.1, 0.15) is 18.2 Å². The lowest BCUT2D eigenvalue weighted by atomic mass is 9.96. The Kier molecular flexibility index (Phi) is 9.24. The molecule has 45 heavy (non-hydrogen) atoms. The molecule has 11 heteroatoms. The Balaban J connectivity index is 1.69. The van der Waals surface area contributed by atoms with Gasteiger partial charge in [-0.05, 0) is 78.9 Å². The number of aryl methyl sites for hydroxylation is 1. The smallest absolute Gasteiger partial charge is 0.313 e. The third kappa shape index (κ3) is 6.71. The second-order valence-corrected chi connectivity index (χ2v) is 11.1. The van der Waals surface area contributed by atoms with E-state index >= 15 is 0 Å². The van der Waals surface area contributed by atoms with Gasteiger partial charge < -0.3 is 9.47 Å². The third-order valence-electron chi connectivity index (χ3n) is 7.14. The molecule has 0 unspecified atom stereocenters. The number of nitro groups is 1. The number of para-hydroxylation sites is 1. The minimum atomic E-state index is -0.616. The van der Waals surface area contributed by atoms with Gasteiger partial charge >= 0.3 is 5.69 Å². The number of rotatable bonds is 10. The van der Waals surface area contributed by atoms with Gasteiger partial charge in [-0.25, -0.2) is 9.37 Å². The lowest BCUT2D eigenvalue weighted by molar-refractivity contribution is -0.385. The minimum Gasteiger partial charge on any atom is -0.494 e. The second-order valence-electron chi connectivity index (χ2n) is 10.6. The number of hydrogen-bond donors (Lipinski definition) is 0. The van der Waals surface area contributed by atoms with E-state index in [1.54, 1.807) is 24.3 Å². The molecule has 1 aromatic heterocycles. The van der Waals surface area contributed by atoms with Gasteiger partial charge in [0.15, 0.2) is 5.82 Å². The van der Waals surface area contributed by atoms with E-state index in [0.717, 1.165) is 16.9 Å². The maximum Gasteiger partial charge on any atom is 0.313 e. The van der Waals surface area contributed by atoms with E-state index in [2.05, 4.69) is 18.9 Å². The summed E-state index contributed by atoms with van der Waals surface area (Å²) in [6, 6.07) is 19.0. The van der Waals surface area contributed by atoms with Crippen molar-refractivity contribution in [1.29, 1.82) is 0 Å². The molecule has 0 atom stereocenters. The molecule has 0 radical (unpaired) electrons. The van der Waals surface area contributed by atoms with Crippen LogP contribution in [-0.4, -0.2) is 27.4 Å². The molecular formula is C34H30ClFN4O5. The van der Waals surface area contributed by atoms with Gasteiger partial charge in [0.25, 0.3) is 5.56 Å². The van der Waals surface area contributed by atoms with E-state index in [1.807, 2.05) is 26.0 Å². The first-order valence-electron chi connectivity index (χ1n) is 14.3. The molecule has 0 saturated heterocycles. The highest BCUT2D eigenvalue weighted by Gasteiger charge is 2.22. The van der Waals surface area contributed by atoms with Crippen LogP contribution < -0.4 is 15.0 Å². The molecule has 1 heterocycles. The van der Waals surface area contributed by atoms with Crippen LogP contribution in [0.1, 0.15) is 48.9 Å². The van der Waals surface area contributed by atoms with E-state index < -0.39 is 16.3 Å². The van der Waals surface area contributed by atoms with Crippen LogP contribution in [0.5, 0.6) is 11.5 Å². The van der Waals surface area contributed by atoms with Crippen molar-refractivity contribution in [3.05, 3.63) is 126 Å². The average Bonchev–Trinajstić information content (AvgIpc) is 3.00.